The van der Waals surface area contributed by atoms with Crippen LogP contribution in [0.2, 0.25) is 0 Å². The van der Waals surface area contributed by atoms with Crippen LogP contribution in [0.4, 0.5) is 5.69 Å². The van der Waals surface area contributed by atoms with Gasteiger partial charge in [-0.15, -0.1) is 0 Å². The Hall–Kier alpha value is -3.09. The van der Waals surface area contributed by atoms with E-state index in [2.05, 4.69) is 4.98 Å². The highest BCUT2D eigenvalue weighted by molar-refractivity contribution is 6.06. The third-order valence-corrected chi connectivity index (χ3v) is 3.53. The number of fused-ring (bicyclic) bond motifs is 3. The molecule has 0 aliphatic carbocycles. The van der Waals surface area contributed by atoms with Crippen LogP contribution in [0.25, 0.3) is 21.9 Å². The predicted octanol–water partition coefficient (Wildman–Crippen LogP) is 1.48. The van der Waals surface area contributed by atoms with E-state index < -0.39 is 17.0 Å². The number of anilines is 1. The summed E-state index contributed by atoms with van der Waals surface area (Å²) in [6.45, 7) is 1.68. The number of nitrogens with two attached hydrogens (primary N) is 1. The van der Waals surface area contributed by atoms with E-state index in [0.717, 1.165) is 0 Å². The second-order valence-corrected chi connectivity index (χ2v) is 4.86. The fourth-order valence-corrected chi connectivity index (χ4v) is 2.54. The number of aromatic nitrogens is 1. The molecule has 0 bridgehead atoms. The topological polar surface area (TPSA) is 126 Å². The van der Waals surface area contributed by atoms with Crippen LogP contribution in [0.15, 0.2) is 32.2 Å². The number of aromatic carboxylic acids is 1. The van der Waals surface area contributed by atoms with Gasteiger partial charge in [0.15, 0.2) is 0 Å². The van der Waals surface area contributed by atoms with Crippen molar-refractivity contribution in [3.63, 3.8) is 0 Å². The highest BCUT2D eigenvalue weighted by atomic mass is 16.4. The molecule has 7 nitrogen and oxygen atoms in total. The van der Waals surface area contributed by atoms with Gasteiger partial charge in [0.2, 0.25) is 5.43 Å². The first-order chi connectivity index (χ1) is 10.4. The van der Waals surface area contributed by atoms with E-state index in [1.165, 1.54) is 18.2 Å². The van der Waals surface area contributed by atoms with Crippen molar-refractivity contribution in [2.75, 3.05) is 5.73 Å². The maximum atomic E-state index is 12.6. The summed E-state index contributed by atoms with van der Waals surface area (Å²) in [5, 5.41) is 9.57. The normalized spacial score (nSPS) is 11.1. The molecule has 2 heterocycles. The van der Waals surface area contributed by atoms with Gasteiger partial charge in [0.1, 0.15) is 16.7 Å². The molecule has 2 aromatic heterocycles. The molecule has 22 heavy (non-hydrogen) atoms. The molecule has 0 saturated carbocycles. The summed E-state index contributed by atoms with van der Waals surface area (Å²) in [7, 11) is 0. The second kappa shape index (κ2) is 4.73. The number of aromatic amines is 1. The van der Waals surface area contributed by atoms with E-state index in [9.17, 15) is 19.5 Å². The van der Waals surface area contributed by atoms with Gasteiger partial charge in [0, 0.05) is 16.8 Å². The average Bonchev–Trinajstić information content (AvgIpc) is 2.47. The molecule has 3 rings (SSSR count). The van der Waals surface area contributed by atoms with E-state index in [-0.39, 0.29) is 34.2 Å². The molecule has 1 aromatic carbocycles. The number of hydrogen-bond acceptors (Lipinski definition) is 5. The van der Waals surface area contributed by atoms with E-state index in [0.29, 0.717) is 11.1 Å². The van der Waals surface area contributed by atoms with Gasteiger partial charge < -0.3 is 20.2 Å². The zero-order chi connectivity index (χ0) is 16.0. The number of H-pyrrole nitrogens is 1. The molecular formula is C15H12N2O5. The monoisotopic (exact) mass is 300 g/mol. The lowest BCUT2D eigenvalue weighted by atomic mass is 10.0. The Kier molecular flexibility index (Phi) is 2.98. The molecule has 0 atom stereocenters. The minimum atomic E-state index is -1.34. The standard InChI is InChI=1S/C15H12N2O5/c1-2-8-11(14(19)20)13(18)10-7-5-6(16)3-4-9(7)22-15(21)12(10)17-8/h3-5H,2,16H2,1H3,(H,17,18)(H,19,20). The molecule has 0 aliphatic rings. The molecule has 0 saturated heterocycles. The maximum absolute atomic E-state index is 12.6. The number of pyridine rings is 1. The first-order valence-corrected chi connectivity index (χ1v) is 6.58. The Labute approximate surface area is 123 Å². The molecule has 0 radical (unpaired) electrons. The number of aryl methyl sites for hydroxylation is 1. The molecular weight excluding hydrogens is 288 g/mol. The fraction of sp³-hybridized carbons (Fsp3) is 0.133. The Morgan fingerprint density at radius 3 is 2.73 bits per heavy atom. The molecule has 3 aromatic rings. The number of nitrogen functional groups attached to an aromatic ring is 1. The van der Waals surface area contributed by atoms with Gasteiger partial charge >= 0.3 is 11.6 Å². The van der Waals surface area contributed by atoms with E-state index in [1.807, 2.05) is 0 Å². The third kappa shape index (κ3) is 1.86. The van der Waals surface area contributed by atoms with Crippen LogP contribution in [0.3, 0.4) is 0 Å². The highest BCUT2D eigenvalue weighted by Crippen LogP contribution is 2.23. The quantitative estimate of drug-likeness (QED) is 0.374. The molecule has 4 N–H and O–H groups in total. The minimum absolute atomic E-state index is 0.0202. The van der Waals surface area contributed by atoms with Gasteiger partial charge in [-0.1, -0.05) is 6.92 Å². The molecule has 0 spiro atoms. The maximum Gasteiger partial charge on any atom is 0.360 e. The lowest BCUT2D eigenvalue weighted by Crippen LogP contribution is -2.22. The minimum Gasteiger partial charge on any atom is -0.477 e. The van der Waals surface area contributed by atoms with Crippen LogP contribution in [0.5, 0.6) is 0 Å². The Bertz CT molecular complexity index is 1050. The van der Waals surface area contributed by atoms with Crippen molar-refractivity contribution in [3.05, 3.63) is 50.1 Å². The van der Waals surface area contributed by atoms with Crippen LogP contribution in [-0.2, 0) is 6.42 Å². The van der Waals surface area contributed by atoms with Crippen LogP contribution in [0.1, 0.15) is 23.0 Å². The lowest BCUT2D eigenvalue weighted by molar-refractivity contribution is 0.0694. The zero-order valence-corrected chi connectivity index (χ0v) is 11.6. The van der Waals surface area contributed by atoms with Crippen molar-refractivity contribution in [1.29, 1.82) is 0 Å². The molecule has 0 unspecified atom stereocenters. The predicted molar refractivity (Wildman–Crippen MR) is 81.4 cm³/mol. The van der Waals surface area contributed by atoms with Gasteiger partial charge in [-0.2, -0.15) is 0 Å². The molecule has 112 valence electrons. The van der Waals surface area contributed by atoms with Gasteiger partial charge in [-0.25, -0.2) is 9.59 Å². The van der Waals surface area contributed by atoms with Gasteiger partial charge in [0.25, 0.3) is 0 Å². The average molecular weight is 300 g/mol. The summed E-state index contributed by atoms with van der Waals surface area (Å²) < 4.78 is 5.16. The third-order valence-electron chi connectivity index (χ3n) is 3.53. The van der Waals surface area contributed by atoms with Crippen molar-refractivity contribution < 1.29 is 14.3 Å². The van der Waals surface area contributed by atoms with Crippen LogP contribution >= 0.6 is 0 Å². The van der Waals surface area contributed by atoms with Crippen molar-refractivity contribution in [2.45, 2.75) is 13.3 Å². The smallest absolute Gasteiger partial charge is 0.360 e. The number of hydrogen-bond donors (Lipinski definition) is 3. The van der Waals surface area contributed by atoms with Gasteiger partial charge in [-0.3, -0.25) is 4.79 Å². The lowest BCUT2D eigenvalue weighted by Gasteiger charge is -2.08. The highest BCUT2D eigenvalue weighted by Gasteiger charge is 2.21. The number of carboxylic acids is 1. The first kappa shape index (κ1) is 13.9. The number of benzene rings is 1. The molecule has 0 fully saturated rings. The van der Waals surface area contributed by atoms with Crippen molar-refractivity contribution >= 4 is 33.5 Å². The van der Waals surface area contributed by atoms with Crippen LogP contribution in [0, 0.1) is 0 Å². The van der Waals surface area contributed by atoms with E-state index >= 15 is 0 Å². The fourth-order valence-electron chi connectivity index (χ4n) is 2.54. The Morgan fingerprint density at radius 2 is 2.09 bits per heavy atom. The number of nitrogens with one attached hydrogen (secondary N) is 1. The first-order valence-electron chi connectivity index (χ1n) is 6.58. The van der Waals surface area contributed by atoms with E-state index in [1.54, 1.807) is 6.92 Å². The van der Waals surface area contributed by atoms with Crippen LogP contribution in [-0.4, -0.2) is 16.1 Å². The number of carboxylic acid groups (broad SMARTS) is 1. The Balaban J connectivity index is 2.68. The summed E-state index contributed by atoms with van der Waals surface area (Å²) in [5.74, 6) is -1.34. The summed E-state index contributed by atoms with van der Waals surface area (Å²) in [4.78, 5) is 38.8. The molecule has 0 aliphatic heterocycles. The van der Waals surface area contributed by atoms with Gasteiger partial charge in [-0.05, 0) is 24.6 Å². The second-order valence-electron chi connectivity index (χ2n) is 4.86. The number of carbonyl (C=O) groups is 1. The largest absolute Gasteiger partial charge is 0.477 e. The van der Waals surface area contributed by atoms with Crippen molar-refractivity contribution in [2.24, 2.45) is 0 Å². The molecule has 0 amide bonds. The van der Waals surface area contributed by atoms with E-state index in [4.69, 9.17) is 10.2 Å². The summed E-state index contributed by atoms with van der Waals surface area (Å²) in [6.07, 6.45) is 0.265. The Morgan fingerprint density at radius 1 is 1.36 bits per heavy atom. The summed E-state index contributed by atoms with van der Waals surface area (Å²) in [6, 6.07) is 4.48. The van der Waals surface area contributed by atoms with Crippen molar-refractivity contribution in [3.8, 4) is 0 Å². The van der Waals surface area contributed by atoms with Gasteiger partial charge in [0.05, 0.1) is 5.39 Å². The SMILES string of the molecule is CCc1[nH]c2c(=O)oc3ccc(N)cc3c2c(=O)c1C(=O)O. The zero-order valence-electron chi connectivity index (χ0n) is 11.6. The summed E-state index contributed by atoms with van der Waals surface area (Å²) >= 11 is 0. The van der Waals surface area contributed by atoms with Crippen LogP contribution < -0.4 is 16.8 Å². The number of rotatable bonds is 2. The van der Waals surface area contributed by atoms with Crippen molar-refractivity contribution in [1.82, 2.24) is 4.98 Å². The molecule has 7 heteroatoms. The summed E-state index contributed by atoms with van der Waals surface area (Å²) in [5.41, 5.74) is 4.57.